The number of hydrogen-bond acceptors (Lipinski definition) is 2. The molecule has 2 rings (SSSR count). The third kappa shape index (κ3) is 2.25. The van der Waals surface area contributed by atoms with Gasteiger partial charge in [-0.05, 0) is 24.1 Å². The van der Waals surface area contributed by atoms with Crippen molar-refractivity contribution in [1.82, 2.24) is 0 Å². The van der Waals surface area contributed by atoms with E-state index in [1.165, 1.54) is 0 Å². The third-order valence-electron chi connectivity index (χ3n) is 2.63. The maximum Gasteiger partial charge on any atom is 0.0758 e. The third-order valence-corrected chi connectivity index (χ3v) is 4.97. The van der Waals surface area contributed by atoms with Gasteiger partial charge in [-0.2, -0.15) is 0 Å². The van der Waals surface area contributed by atoms with Gasteiger partial charge in [0.1, 0.15) is 0 Å². The topological polar surface area (TPSA) is 29.4 Å². The van der Waals surface area contributed by atoms with Crippen molar-refractivity contribution < 1.29 is 4.21 Å². The lowest BCUT2D eigenvalue weighted by Crippen LogP contribution is -2.05. The molecule has 0 aromatic heterocycles. The summed E-state index contributed by atoms with van der Waals surface area (Å²) in [5.74, 6) is 0.606. The van der Waals surface area contributed by atoms with E-state index in [1.54, 1.807) is 6.08 Å². The summed E-state index contributed by atoms with van der Waals surface area (Å²) < 4.78 is 17.0. The second-order valence-corrected chi connectivity index (χ2v) is 6.14. The van der Waals surface area contributed by atoms with Crippen LogP contribution in [0.4, 0.5) is 0 Å². The van der Waals surface area contributed by atoms with Gasteiger partial charge in [0, 0.05) is 10.6 Å². The lowest BCUT2D eigenvalue weighted by atomic mass is 10.2. The maximum atomic E-state index is 12.7. The molecule has 3 heteroatoms. The first-order chi connectivity index (χ1) is 7.74. The molecule has 1 aliphatic heterocycles. The summed E-state index contributed by atoms with van der Waals surface area (Å²) >= 11 is 0. The summed E-state index contributed by atoms with van der Waals surface area (Å²) in [7, 11) is -2.22. The zero-order valence-electron chi connectivity index (χ0n) is 9.13. The molecular weight excluding hydrogens is 218 g/mol. The normalized spacial score (nSPS) is 25.1. The van der Waals surface area contributed by atoms with Crippen molar-refractivity contribution in [2.24, 2.45) is 4.36 Å². The van der Waals surface area contributed by atoms with Crippen LogP contribution in [0.15, 0.2) is 63.9 Å². The second-order valence-electron chi connectivity index (χ2n) is 3.72. The quantitative estimate of drug-likeness (QED) is 0.772. The highest BCUT2D eigenvalue weighted by Crippen LogP contribution is 2.19. The fourth-order valence-corrected chi connectivity index (χ4v) is 3.58. The van der Waals surface area contributed by atoms with Crippen molar-refractivity contribution in [1.29, 1.82) is 0 Å². The molecule has 1 heterocycles. The molecule has 2 nitrogen and oxygen atoms in total. The molecule has 1 unspecified atom stereocenters. The van der Waals surface area contributed by atoms with Crippen molar-refractivity contribution in [2.45, 2.75) is 11.3 Å². The monoisotopic (exact) mass is 233 g/mol. The highest BCUT2D eigenvalue weighted by molar-refractivity contribution is 7.93. The molecule has 0 N–H and O–H groups in total. The van der Waals surface area contributed by atoms with Gasteiger partial charge in [-0.3, -0.25) is 0 Å². The molecule has 0 saturated heterocycles. The maximum absolute atomic E-state index is 12.7. The van der Waals surface area contributed by atoms with Crippen LogP contribution < -0.4 is 0 Å². The molecule has 0 aliphatic carbocycles. The molecule has 0 saturated carbocycles. The molecule has 0 amide bonds. The van der Waals surface area contributed by atoms with E-state index >= 15 is 0 Å². The molecule has 1 atom stereocenters. The Hall–Kier alpha value is -1.35. The molecule has 0 fully saturated rings. The lowest BCUT2D eigenvalue weighted by molar-refractivity contribution is 0.675. The van der Waals surface area contributed by atoms with E-state index in [-0.39, 0.29) is 0 Å². The Morgan fingerprint density at radius 2 is 2.06 bits per heavy atom. The van der Waals surface area contributed by atoms with Crippen LogP contribution in [0.5, 0.6) is 0 Å². The van der Waals surface area contributed by atoms with Crippen LogP contribution in [-0.2, 0) is 9.73 Å². The van der Waals surface area contributed by atoms with Gasteiger partial charge in [-0.15, -0.1) is 0 Å². The fraction of sp³-hybridized carbons (Fsp3) is 0.231. The number of rotatable bonds is 2. The molecule has 84 valence electrons. The summed E-state index contributed by atoms with van der Waals surface area (Å²) in [5.41, 5.74) is 1.07. The Balaban J connectivity index is 2.38. The van der Waals surface area contributed by atoms with Gasteiger partial charge in [0.05, 0.1) is 16.3 Å². The van der Waals surface area contributed by atoms with Gasteiger partial charge in [-0.25, -0.2) is 8.57 Å². The highest BCUT2D eigenvalue weighted by atomic mass is 32.2. The lowest BCUT2D eigenvalue weighted by Gasteiger charge is -2.07. The van der Waals surface area contributed by atoms with Crippen LogP contribution in [-0.4, -0.2) is 16.5 Å². The first-order valence-corrected chi connectivity index (χ1v) is 7.00. The van der Waals surface area contributed by atoms with Crippen molar-refractivity contribution in [2.75, 3.05) is 12.3 Å². The summed E-state index contributed by atoms with van der Waals surface area (Å²) in [6.45, 7) is 4.24. The van der Waals surface area contributed by atoms with E-state index < -0.39 is 9.73 Å². The molecule has 0 bridgehead atoms. The average molecular weight is 233 g/mol. The molecule has 1 aliphatic rings. The Morgan fingerprint density at radius 1 is 1.31 bits per heavy atom. The molecule has 0 spiro atoms. The first kappa shape index (κ1) is 11.1. The van der Waals surface area contributed by atoms with Crippen molar-refractivity contribution in [3.8, 4) is 0 Å². The zero-order chi connectivity index (χ0) is 11.4. The average Bonchev–Trinajstić information content (AvgIpc) is 2.53. The summed E-state index contributed by atoms with van der Waals surface area (Å²) in [4.78, 5) is 0.841. The smallest absolute Gasteiger partial charge is 0.0758 e. The first-order valence-electron chi connectivity index (χ1n) is 5.32. The number of allylic oxidation sites excluding steroid dienone is 1. The number of benzene rings is 1. The van der Waals surface area contributed by atoms with E-state index in [2.05, 4.69) is 17.0 Å². The van der Waals surface area contributed by atoms with Gasteiger partial charge in [0.25, 0.3) is 0 Å². The van der Waals surface area contributed by atoms with E-state index in [4.69, 9.17) is 0 Å². The van der Waals surface area contributed by atoms with Crippen LogP contribution in [0.1, 0.15) is 6.42 Å². The Morgan fingerprint density at radius 3 is 2.75 bits per heavy atom. The van der Waals surface area contributed by atoms with Gasteiger partial charge < -0.3 is 0 Å². The summed E-state index contributed by atoms with van der Waals surface area (Å²) in [6.07, 6.45) is 4.67. The molecule has 16 heavy (non-hydrogen) atoms. The van der Waals surface area contributed by atoms with Crippen LogP contribution in [0.3, 0.4) is 0 Å². The van der Waals surface area contributed by atoms with E-state index in [9.17, 15) is 4.21 Å². The zero-order valence-corrected chi connectivity index (χ0v) is 9.95. The van der Waals surface area contributed by atoms with Crippen LogP contribution in [0, 0.1) is 0 Å². The van der Waals surface area contributed by atoms with E-state index in [0.29, 0.717) is 12.3 Å². The summed E-state index contributed by atoms with van der Waals surface area (Å²) in [5, 5.41) is 0. The van der Waals surface area contributed by atoms with Crippen LogP contribution >= 0.6 is 0 Å². The van der Waals surface area contributed by atoms with E-state index in [1.807, 2.05) is 30.3 Å². The molecule has 1 aromatic carbocycles. The van der Waals surface area contributed by atoms with Crippen LogP contribution in [0.25, 0.3) is 0 Å². The molecular formula is C13H15NOS. The SMILES string of the molecule is C=CC1=CCCS(=O)(c2ccccc2)=NC1. The molecule has 0 radical (unpaired) electrons. The Kier molecular flexibility index (Phi) is 3.25. The second kappa shape index (κ2) is 4.66. The number of hydrogen-bond donors (Lipinski definition) is 0. The minimum absolute atomic E-state index is 0.511. The van der Waals surface area contributed by atoms with Gasteiger partial charge in [0.2, 0.25) is 0 Å². The highest BCUT2D eigenvalue weighted by Gasteiger charge is 2.13. The van der Waals surface area contributed by atoms with Gasteiger partial charge in [-0.1, -0.05) is 36.9 Å². The van der Waals surface area contributed by atoms with Gasteiger partial charge >= 0.3 is 0 Å². The van der Waals surface area contributed by atoms with E-state index in [0.717, 1.165) is 16.9 Å². The van der Waals surface area contributed by atoms with Gasteiger partial charge in [0.15, 0.2) is 0 Å². The minimum atomic E-state index is -2.22. The standard InChI is InChI=1S/C13H15NOS/c1-2-12-7-6-10-16(15,14-11-12)13-8-4-3-5-9-13/h2-5,7-9H,1,6,10-11H2. The van der Waals surface area contributed by atoms with Crippen LogP contribution in [0.2, 0.25) is 0 Å². The fourth-order valence-electron chi connectivity index (χ4n) is 1.69. The largest absolute Gasteiger partial charge is 0.245 e. The predicted octanol–water partition coefficient (Wildman–Crippen LogP) is 3.03. The van der Waals surface area contributed by atoms with Crippen molar-refractivity contribution in [3.05, 3.63) is 54.6 Å². The Labute approximate surface area is 96.9 Å². The minimum Gasteiger partial charge on any atom is -0.245 e. The Bertz CT molecular complexity index is 522. The van der Waals surface area contributed by atoms with Crippen molar-refractivity contribution >= 4 is 9.73 Å². The predicted molar refractivity (Wildman–Crippen MR) is 67.9 cm³/mol. The molecule has 1 aromatic rings. The number of nitrogens with zero attached hydrogens (tertiary/aromatic N) is 1. The summed E-state index contributed by atoms with van der Waals surface area (Å²) in [6, 6.07) is 9.53. The van der Waals surface area contributed by atoms with Crippen molar-refractivity contribution in [3.63, 3.8) is 0 Å².